The standard InChI is InChI=1S/C14H8Br2ClNO3/c15-10-3-2-8(17)6-9(10)13(19)18-12-4-1-7(14(20)21)5-11(12)16/h1-6H,(H,18,19)(H,20,21). The Morgan fingerprint density at radius 1 is 1.05 bits per heavy atom. The highest BCUT2D eigenvalue weighted by atomic mass is 79.9. The first-order valence-electron chi connectivity index (χ1n) is 5.67. The van der Waals surface area contributed by atoms with E-state index >= 15 is 0 Å². The average Bonchev–Trinajstić information content (AvgIpc) is 2.43. The molecule has 0 aliphatic carbocycles. The zero-order chi connectivity index (χ0) is 15.6. The van der Waals surface area contributed by atoms with Crippen molar-refractivity contribution in [1.29, 1.82) is 0 Å². The number of benzene rings is 2. The summed E-state index contributed by atoms with van der Waals surface area (Å²) >= 11 is 12.4. The quantitative estimate of drug-likeness (QED) is 0.730. The van der Waals surface area contributed by atoms with E-state index in [1.807, 2.05) is 0 Å². The highest BCUT2D eigenvalue weighted by molar-refractivity contribution is 9.11. The molecule has 21 heavy (non-hydrogen) atoms. The molecule has 7 heteroatoms. The molecule has 0 aromatic heterocycles. The maximum absolute atomic E-state index is 12.2. The fourth-order valence-electron chi connectivity index (χ4n) is 1.61. The Hall–Kier alpha value is -1.37. The number of carbonyl (C=O) groups is 2. The van der Waals surface area contributed by atoms with Crippen molar-refractivity contribution < 1.29 is 14.7 Å². The lowest BCUT2D eigenvalue weighted by Gasteiger charge is -2.09. The van der Waals surface area contributed by atoms with E-state index < -0.39 is 5.97 Å². The molecule has 1 amide bonds. The topological polar surface area (TPSA) is 66.4 Å². The van der Waals surface area contributed by atoms with Gasteiger partial charge in [-0.25, -0.2) is 4.79 Å². The SMILES string of the molecule is O=C(O)c1ccc(NC(=O)c2cc(Cl)ccc2Br)c(Br)c1. The van der Waals surface area contributed by atoms with Gasteiger partial charge in [0, 0.05) is 14.0 Å². The monoisotopic (exact) mass is 431 g/mol. The molecular weight excluding hydrogens is 425 g/mol. The van der Waals surface area contributed by atoms with Crippen LogP contribution >= 0.6 is 43.5 Å². The van der Waals surface area contributed by atoms with E-state index in [1.165, 1.54) is 18.2 Å². The van der Waals surface area contributed by atoms with Gasteiger partial charge in [-0.2, -0.15) is 0 Å². The normalized spacial score (nSPS) is 10.2. The number of carbonyl (C=O) groups excluding carboxylic acids is 1. The molecule has 0 aliphatic rings. The van der Waals surface area contributed by atoms with E-state index in [1.54, 1.807) is 18.2 Å². The van der Waals surface area contributed by atoms with Gasteiger partial charge in [0.1, 0.15) is 0 Å². The van der Waals surface area contributed by atoms with Crippen molar-refractivity contribution in [2.45, 2.75) is 0 Å². The zero-order valence-electron chi connectivity index (χ0n) is 10.4. The number of carboxylic acid groups (broad SMARTS) is 1. The maximum atomic E-state index is 12.2. The molecule has 2 aromatic rings. The van der Waals surface area contributed by atoms with Crippen LogP contribution in [-0.4, -0.2) is 17.0 Å². The third-order valence-electron chi connectivity index (χ3n) is 2.64. The van der Waals surface area contributed by atoms with Gasteiger partial charge in [-0.3, -0.25) is 4.79 Å². The van der Waals surface area contributed by atoms with Gasteiger partial charge in [0.05, 0.1) is 16.8 Å². The molecule has 0 unspecified atom stereocenters. The molecule has 2 rings (SSSR count). The number of aromatic carboxylic acids is 1. The Kier molecular flexibility index (Phi) is 5.03. The first-order valence-corrected chi connectivity index (χ1v) is 7.64. The number of amides is 1. The van der Waals surface area contributed by atoms with E-state index in [-0.39, 0.29) is 11.5 Å². The van der Waals surface area contributed by atoms with Crippen LogP contribution in [0.25, 0.3) is 0 Å². The predicted molar refractivity (Wildman–Crippen MR) is 88.2 cm³/mol. The molecular formula is C14H8Br2ClNO3. The first-order chi connectivity index (χ1) is 9.88. The van der Waals surface area contributed by atoms with Gasteiger partial charge in [0.15, 0.2) is 0 Å². The fourth-order valence-corrected chi connectivity index (χ4v) is 2.69. The molecule has 0 fully saturated rings. The lowest BCUT2D eigenvalue weighted by atomic mass is 10.2. The molecule has 0 aliphatic heterocycles. The van der Waals surface area contributed by atoms with Crippen molar-refractivity contribution in [3.8, 4) is 0 Å². The summed E-state index contributed by atoms with van der Waals surface area (Å²) in [6.07, 6.45) is 0. The van der Waals surface area contributed by atoms with Crippen molar-refractivity contribution in [2.24, 2.45) is 0 Å². The lowest BCUT2D eigenvalue weighted by Crippen LogP contribution is -2.13. The summed E-state index contributed by atoms with van der Waals surface area (Å²) < 4.78 is 1.09. The van der Waals surface area contributed by atoms with E-state index in [2.05, 4.69) is 37.2 Å². The Labute approximate surface area is 142 Å². The van der Waals surface area contributed by atoms with Crippen LogP contribution in [0.5, 0.6) is 0 Å². The molecule has 0 saturated heterocycles. The average molecular weight is 433 g/mol. The number of rotatable bonds is 3. The van der Waals surface area contributed by atoms with E-state index in [4.69, 9.17) is 16.7 Å². The Morgan fingerprint density at radius 3 is 2.38 bits per heavy atom. The van der Waals surface area contributed by atoms with Gasteiger partial charge in [-0.05, 0) is 68.3 Å². The van der Waals surface area contributed by atoms with Crippen LogP contribution in [0.3, 0.4) is 0 Å². The summed E-state index contributed by atoms with van der Waals surface area (Å²) in [5.74, 6) is -1.39. The van der Waals surface area contributed by atoms with Gasteiger partial charge in [0.2, 0.25) is 0 Å². The van der Waals surface area contributed by atoms with E-state index in [0.717, 1.165) is 0 Å². The predicted octanol–water partition coefficient (Wildman–Crippen LogP) is 4.82. The van der Waals surface area contributed by atoms with E-state index in [0.29, 0.717) is 25.2 Å². The zero-order valence-corrected chi connectivity index (χ0v) is 14.3. The van der Waals surface area contributed by atoms with Crippen molar-refractivity contribution in [1.82, 2.24) is 0 Å². The van der Waals surface area contributed by atoms with Crippen LogP contribution in [0, 0.1) is 0 Å². The first kappa shape index (κ1) is 16.0. The molecule has 0 bridgehead atoms. The second-order valence-corrected chi connectivity index (χ2v) is 6.22. The number of nitrogens with one attached hydrogen (secondary N) is 1. The van der Waals surface area contributed by atoms with Crippen molar-refractivity contribution in [3.63, 3.8) is 0 Å². The summed E-state index contributed by atoms with van der Waals surface area (Å²) in [5.41, 5.74) is 0.984. The number of hydrogen-bond donors (Lipinski definition) is 2. The number of carboxylic acids is 1. The molecule has 4 nitrogen and oxygen atoms in total. The minimum atomic E-state index is -1.04. The van der Waals surface area contributed by atoms with Crippen molar-refractivity contribution >= 4 is 61.0 Å². The molecule has 2 N–H and O–H groups in total. The molecule has 0 heterocycles. The molecule has 2 aromatic carbocycles. The summed E-state index contributed by atoms with van der Waals surface area (Å²) in [7, 11) is 0. The van der Waals surface area contributed by atoms with Crippen LogP contribution in [-0.2, 0) is 0 Å². The number of halogens is 3. The van der Waals surface area contributed by atoms with Crippen molar-refractivity contribution in [2.75, 3.05) is 5.32 Å². The van der Waals surface area contributed by atoms with Crippen molar-refractivity contribution in [3.05, 3.63) is 61.5 Å². The van der Waals surface area contributed by atoms with Gasteiger partial charge < -0.3 is 10.4 Å². The van der Waals surface area contributed by atoms with Gasteiger partial charge in [-0.15, -0.1) is 0 Å². The Balaban J connectivity index is 2.27. The largest absolute Gasteiger partial charge is 0.478 e. The smallest absolute Gasteiger partial charge is 0.335 e. The summed E-state index contributed by atoms with van der Waals surface area (Å²) in [4.78, 5) is 23.1. The Bertz CT molecular complexity index is 734. The number of anilines is 1. The van der Waals surface area contributed by atoms with Crippen LogP contribution in [0.1, 0.15) is 20.7 Å². The number of hydrogen-bond acceptors (Lipinski definition) is 2. The third kappa shape index (κ3) is 3.84. The Morgan fingerprint density at radius 2 is 1.76 bits per heavy atom. The van der Waals surface area contributed by atoms with Gasteiger partial charge in [0.25, 0.3) is 5.91 Å². The third-order valence-corrected chi connectivity index (χ3v) is 4.22. The highest BCUT2D eigenvalue weighted by Crippen LogP contribution is 2.26. The second-order valence-electron chi connectivity index (χ2n) is 4.08. The minimum absolute atomic E-state index is 0.129. The van der Waals surface area contributed by atoms with Crippen LogP contribution < -0.4 is 5.32 Å². The highest BCUT2D eigenvalue weighted by Gasteiger charge is 2.13. The molecule has 0 radical (unpaired) electrons. The molecule has 0 spiro atoms. The summed E-state index contributed by atoms with van der Waals surface area (Å²) in [6.45, 7) is 0. The minimum Gasteiger partial charge on any atom is -0.478 e. The molecule has 0 atom stereocenters. The van der Waals surface area contributed by atoms with Crippen LogP contribution in [0.2, 0.25) is 5.02 Å². The summed E-state index contributed by atoms with van der Waals surface area (Å²) in [6, 6.07) is 9.24. The summed E-state index contributed by atoms with van der Waals surface area (Å²) in [5, 5.41) is 12.0. The maximum Gasteiger partial charge on any atom is 0.335 e. The van der Waals surface area contributed by atoms with E-state index in [9.17, 15) is 9.59 Å². The van der Waals surface area contributed by atoms with Gasteiger partial charge in [-0.1, -0.05) is 11.6 Å². The molecule has 0 saturated carbocycles. The molecule has 108 valence electrons. The van der Waals surface area contributed by atoms with Gasteiger partial charge >= 0.3 is 5.97 Å². The fraction of sp³-hybridized carbons (Fsp3) is 0. The van der Waals surface area contributed by atoms with Crippen LogP contribution in [0.15, 0.2) is 45.3 Å². The lowest BCUT2D eigenvalue weighted by molar-refractivity contribution is 0.0696. The van der Waals surface area contributed by atoms with Crippen LogP contribution in [0.4, 0.5) is 5.69 Å². The second kappa shape index (κ2) is 6.60.